The van der Waals surface area contributed by atoms with Crippen LogP contribution in [-0.2, 0) is 12.8 Å². The highest BCUT2D eigenvalue weighted by molar-refractivity contribution is 5.95. The summed E-state index contributed by atoms with van der Waals surface area (Å²) in [6, 6.07) is 10.6. The predicted octanol–water partition coefficient (Wildman–Crippen LogP) is 4.59. The third-order valence-corrected chi connectivity index (χ3v) is 6.50. The van der Waals surface area contributed by atoms with Gasteiger partial charge in [0.05, 0.1) is 16.8 Å². The van der Waals surface area contributed by atoms with Gasteiger partial charge in [-0.1, -0.05) is 38.7 Å². The molecule has 1 fully saturated rings. The number of piperazine rings is 1. The van der Waals surface area contributed by atoms with Crippen LogP contribution in [0.15, 0.2) is 48.8 Å². The molecular weight excluding hydrogens is 439 g/mol. The third-order valence-electron chi connectivity index (χ3n) is 6.50. The maximum atomic E-state index is 15.2. The molecule has 1 aliphatic rings. The average Bonchev–Trinajstić information content (AvgIpc) is 2.91. The van der Waals surface area contributed by atoms with Gasteiger partial charge < -0.3 is 9.80 Å². The lowest BCUT2D eigenvalue weighted by Gasteiger charge is -2.34. The van der Waals surface area contributed by atoms with Crippen LogP contribution < -0.4 is 0 Å². The summed E-state index contributed by atoms with van der Waals surface area (Å²) in [5.74, 6) is 5.66. The number of hydrogen-bond donors (Lipinski definition) is 0. The van der Waals surface area contributed by atoms with E-state index in [-0.39, 0.29) is 11.5 Å². The monoisotopic (exact) mass is 470 g/mol. The second-order valence-electron chi connectivity index (χ2n) is 8.60. The van der Waals surface area contributed by atoms with Crippen LogP contribution in [0.4, 0.5) is 4.39 Å². The van der Waals surface area contributed by atoms with Crippen molar-refractivity contribution in [2.75, 3.05) is 32.7 Å². The SMILES string of the molecule is CCc1ccc(C#Cc2c(-c3ccc(C(=O)N4CCN(CC)CC4)c(F)c3)ccnc2CC)cn1. The van der Waals surface area contributed by atoms with Crippen LogP contribution in [0.3, 0.4) is 0 Å². The van der Waals surface area contributed by atoms with Crippen molar-refractivity contribution in [3.8, 4) is 23.0 Å². The first-order valence-electron chi connectivity index (χ1n) is 12.3. The van der Waals surface area contributed by atoms with Crippen molar-refractivity contribution in [3.05, 3.63) is 82.7 Å². The van der Waals surface area contributed by atoms with Crippen molar-refractivity contribution in [2.45, 2.75) is 33.6 Å². The molecule has 1 aromatic carbocycles. The largest absolute Gasteiger partial charge is 0.336 e. The Morgan fingerprint density at radius 2 is 1.77 bits per heavy atom. The Labute approximate surface area is 207 Å². The van der Waals surface area contributed by atoms with Gasteiger partial charge in [-0.25, -0.2) is 4.39 Å². The van der Waals surface area contributed by atoms with Crippen LogP contribution in [-0.4, -0.2) is 58.4 Å². The number of nitrogens with zero attached hydrogens (tertiary/aromatic N) is 4. The summed E-state index contributed by atoms with van der Waals surface area (Å²) in [6.45, 7) is 10.0. The zero-order valence-corrected chi connectivity index (χ0v) is 20.6. The lowest BCUT2D eigenvalue weighted by atomic mass is 9.96. The van der Waals surface area contributed by atoms with Crippen molar-refractivity contribution >= 4 is 5.91 Å². The van der Waals surface area contributed by atoms with Crippen molar-refractivity contribution < 1.29 is 9.18 Å². The summed E-state index contributed by atoms with van der Waals surface area (Å²) in [5.41, 5.74) is 5.04. The molecule has 0 bridgehead atoms. The van der Waals surface area contributed by atoms with Crippen LogP contribution in [0.2, 0.25) is 0 Å². The van der Waals surface area contributed by atoms with Crippen LogP contribution in [0.1, 0.15) is 53.6 Å². The van der Waals surface area contributed by atoms with Gasteiger partial charge in [-0.05, 0) is 55.3 Å². The molecule has 180 valence electrons. The van der Waals surface area contributed by atoms with Gasteiger partial charge in [0.15, 0.2) is 0 Å². The fourth-order valence-electron chi connectivity index (χ4n) is 4.29. The summed E-state index contributed by atoms with van der Waals surface area (Å²) in [4.78, 5) is 25.9. The second-order valence-corrected chi connectivity index (χ2v) is 8.60. The summed E-state index contributed by atoms with van der Waals surface area (Å²) in [6.07, 6.45) is 5.07. The number of carbonyl (C=O) groups is 1. The number of aryl methyl sites for hydroxylation is 2. The molecule has 1 saturated heterocycles. The number of carbonyl (C=O) groups excluding carboxylic acids is 1. The second kappa shape index (κ2) is 11.2. The zero-order chi connectivity index (χ0) is 24.8. The van der Waals surface area contributed by atoms with Crippen LogP contribution in [0, 0.1) is 17.7 Å². The van der Waals surface area contributed by atoms with E-state index in [1.807, 2.05) is 25.1 Å². The lowest BCUT2D eigenvalue weighted by molar-refractivity contribution is 0.0639. The molecule has 35 heavy (non-hydrogen) atoms. The Kier molecular flexibility index (Phi) is 7.89. The van der Waals surface area contributed by atoms with E-state index in [9.17, 15) is 4.79 Å². The van der Waals surface area contributed by atoms with Crippen molar-refractivity contribution in [1.29, 1.82) is 0 Å². The first-order valence-corrected chi connectivity index (χ1v) is 12.3. The fourth-order valence-corrected chi connectivity index (χ4v) is 4.29. The van der Waals surface area contributed by atoms with Gasteiger partial charge in [0.1, 0.15) is 5.82 Å². The normalized spacial score (nSPS) is 13.9. The Morgan fingerprint density at radius 3 is 2.40 bits per heavy atom. The van der Waals surface area contributed by atoms with E-state index >= 15 is 4.39 Å². The van der Waals surface area contributed by atoms with E-state index in [1.54, 1.807) is 29.4 Å². The topological polar surface area (TPSA) is 49.3 Å². The molecule has 1 amide bonds. The molecule has 0 spiro atoms. The van der Waals surface area contributed by atoms with E-state index in [0.29, 0.717) is 25.1 Å². The summed E-state index contributed by atoms with van der Waals surface area (Å²) < 4.78 is 15.2. The Bertz CT molecular complexity index is 1250. The molecule has 0 saturated carbocycles. The molecule has 1 aliphatic heterocycles. The van der Waals surface area contributed by atoms with Crippen LogP contribution in [0.25, 0.3) is 11.1 Å². The van der Waals surface area contributed by atoms with E-state index in [4.69, 9.17) is 0 Å². The molecule has 6 heteroatoms. The standard InChI is InChI=1S/C29H31FN4O/c1-4-23-10-7-21(20-32-23)8-11-25-24(13-14-31-28(25)5-2)22-9-12-26(27(30)19-22)29(35)34-17-15-33(6-3)16-18-34/h7,9-10,12-14,19-20H,4-6,15-18H2,1-3H3. The minimum atomic E-state index is -0.515. The lowest BCUT2D eigenvalue weighted by Crippen LogP contribution is -2.48. The molecule has 0 unspecified atom stereocenters. The number of hydrogen-bond acceptors (Lipinski definition) is 4. The smallest absolute Gasteiger partial charge is 0.256 e. The Morgan fingerprint density at radius 1 is 0.971 bits per heavy atom. The van der Waals surface area contributed by atoms with Crippen LogP contribution >= 0.6 is 0 Å². The maximum Gasteiger partial charge on any atom is 0.256 e. The number of likely N-dealkylation sites (N-methyl/N-ethyl adjacent to an activating group) is 1. The molecule has 0 N–H and O–H groups in total. The van der Waals surface area contributed by atoms with E-state index in [2.05, 4.69) is 40.6 Å². The number of pyridine rings is 2. The highest BCUT2D eigenvalue weighted by Crippen LogP contribution is 2.27. The average molecular weight is 471 g/mol. The molecule has 3 aromatic rings. The van der Waals surface area contributed by atoms with Crippen LogP contribution in [0.5, 0.6) is 0 Å². The van der Waals surface area contributed by atoms with Gasteiger partial charge in [-0.3, -0.25) is 14.8 Å². The first kappa shape index (κ1) is 24.6. The molecule has 2 aromatic heterocycles. The molecule has 0 radical (unpaired) electrons. The van der Waals surface area contributed by atoms with Gasteiger partial charge in [0.25, 0.3) is 5.91 Å². The highest BCUT2D eigenvalue weighted by atomic mass is 19.1. The van der Waals surface area contributed by atoms with E-state index in [0.717, 1.165) is 54.1 Å². The maximum absolute atomic E-state index is 15.2. The van der Waals surface area contributed by atoms with Gasteiger partial charge in [0, 0.05) is 55.4 Å². The van der Waals surface area contributed by atoms with E-state index in [1.165, 1.54) is 6.07 Å². The third kappa shape index (κ3) is 5.58. The minimum Gasteiger partial charge on any atom is -0.336 e. The number of rotatable bonds is 5. The quantitative estimate of drug-likeness (QED) is 0.512. The number of benzene rings is 1. The molecule has 0 atom stereocenters. The summed E-state index contributed by atoms with van der Waals surface area (Å²) in [5, 5.41) is 0. The van der Waals surface area contributed by atoms with Gasteiger partial charge in [-0.2, -0.15) is 0 Å². The summed E-state index contributed by atoms with van der Waals surface area (Å²) >= 11 is 0. The molecule has 0 aliphatic carbocycles. The summed E-state index contributed by atoms with van der Waals surface area (Å²) in [7, 11) is 0. The van der Waals surface area contributed by atoms with Crippen molar-refractivity contribution in [1.82, 2.24) is 19.8 Å². The molecule has 3 heterocycles. The first-order chi connectivity index (χ1) is 17.0. The Balaban J connectivity index is 1.63. The minimum absolute atomic E-state index is 0.109. The van der Waals surface area contributed by atoms with Crippen molar-refractivity contribution in [2.24, 2.45) is 0 Å². The fraction of sp³-hybridized carbons (Fsp3) is 0.345. The predicted molar refractivity (Wildman–Crippen MR) is 137 cm³/mol. The van der Waals surface area contributed by atoms with Gasteiger partial charge in [0.2, 0.25) is 0 Å². The molecule has 4 rings (SSSR count). The highest BCUT2D eigenvalue weighted by Gasteiger charge is 2.24. The van der Waals surface area contributed by atoms with Gasteiger partial charge in [-0.15, -0.1) is 0 Å². The van der Waals surface area contributed by atoms with Crippen molar-refractivity contribution in [3.63, 3.8) is 0 Å². The van der Waals surface area contributed by atoms with Gasteiger partial charge >= 0.3 is 0 Å². The molecule has 5 nitrogen and oxygen atoms in total. The number of amides is 1. The Hall–Kier alpha value is -3.56. The molecular formula is C29H31FN4O. The number of halogens is 1. The zero-order valence-electron chi connectivity index (χ0n) is 20.6. The van der Waals surface area contributed by atoms with E-state index < -0.39 is 5.82 Å². The number of aromatic nitrogens is 2.